The van der Waals surface area contributed by atoms with E-state index >= 15 is 0 Å². The SMILES string of the molecule is CCN1CCC2(CN(C(=O)c3cc(C4CC4)on3)CC(F)(F)C2)C1=O. The molecule has 1 unspecified atom stereocenters. The van der Waals surface area contributed by atoms with Crippen molar-refractivity contribution in [3.8, 4) is 0 Å². The second-order valence-corrected chi connectivity index (χ2v) is 7.50. The van der Waals surface area contributed by atoms with Crippen molar-refractivity contribution in [2.75, 3.05) is 26.2 Å². The molecule has 0 aromatic carbocycles. The highest BCUT2D eigenvalue weighted by Gasteiger charge is 2.57. The highest BCUT2D eigenvalue weighted by atomic mass is 19.3. The summed E-state index contributed by atoms with van der Waals surface area (Å²) in [5, 5.41) is 3.76. The van der Waals surface area contributed by atoms with Crippen LogP contribution in [0.25, 0.3) is 0 Å². The lowest BCUT2D eigenvalue weighted by Crippen LogP contribution is -2.57. The van der Waals surface area contributed by atoms with E-state index in [0.29, 0.717) is 25.3 Å². The average molecular weight is 353 g/mol. The quantitative estimate of drug-likeness (QED) is 0.836. The van der Waals surface area contributed by atoms with Crippen molar-refractivity contribution in [1.29, 1.82) is 0 Å². The van der Waals surface area contributed by atoms with Gasteiger partial charge in [-0.2, -0.15) is 0 Å². The van der Waals surface area contributed by atoms with Crippen LogP contribution in [0, 0.1) is 5.41 Å². The molecular formula is C17H21F2N3O3. The molecule has 2 aliphatic heterocycles. The Morgan fingerprint density at radius 2 is 2.16 bits per heavy atom. The Morgan fingerprint density at radius 3 is 2.80 bits per heavy atom. The molecule has 1 atom stereocenters. The Bertz CT molecular complexity index is 716. The van der Waals surface area contributed by atoms with Gasteiger partial charge in [-0.15, -0.1) is 0 Å². The molecule has 3 aliphatic rings. The standard InChI is InChI=1S/C17H21F2N3O3/c1-2-21-6-5-16(15(21)24)8-17(18,19)10-22(9-16)14(23)12-7-13(25-20-12)11-3-4-11/h7,11H,2-6,8-10H2,1H3. The first-order chi connectivity index (χ1) is 11.8. The van der Waals surface area contributed by atoms with Crippen LogP contribution in [-0.4, -0.2) is 58.9 Å². The topological polar surface area (TPSA) is 66.7 Å². The highest BCUT2D eigenvalue weighted by Crippen LogP contribution is 2.46. The molecule has 1 aromatic rings. The van der Waals surface area contributed by atoms with Crippen molar-refractivity contribution < 1.29 is 22.9 Å². The van der Waals surface area contributed by atoms with Gasteiger partial charge < -0.3 is 14.3 Å². The van der Waals surface area contributed by atoms with E-state index in [2.05, 4.69) is 5.16 Å². The summed E-state index contributed by atoms with van der Waals surface area (Å²) in [5.74, 6) is -3.02. The minimum Gasteiger partial charge on any atom is -0.360 e. The molecule has 1 saturated carbocycles. The summed E-state index contributed by atoms with van der Waals surface area (Å²) in [6.07, 6.45) is 1.85. The molecule has 0 N–H and O–H groups in total. The second-order valence-electron chi connectivity index (χ2n) is 7.50. The molecule has 0 radical (unpaired) electrons. The lowest BCUT2D eigenvalue weighted by atomic mass is 9.77. The number of carbonyl (C=O) groups is 2. The number of hydrogen-bond donors (Lipinski definition) is 0. The minimum absolute atomic E-state index is 0.0162. The third-order valence-corrected chi connectivity index (χ3v) is 5.51. The number of hydrogen-bond acceptors (Lipinski definition) is 4. The molecule has 6 nitrogen and oxygen atoms in total. The lowest BCUT2D eigenvalue weighted by Gasteiger charge is -2.42. The normalized spacial score (nSPS) is 28.8. The molecular weight excluding hydrogens is 332 g/mol. The molecule has 1 aliphatic carbocycles. The van der Waals surface area contributed by atoms with Gasteiger partial charge >= 0.3 is 0 Å². The van der Waals surface area contributed by atoms with E-state index in [-0.39, 0.29) is 24.1 Å². The molecule has 1 spiro atoms. The number of piperidine rings is 1. The average Bonchev–Trinajstić information content (AvgIpc) is 3.22. The minimum atomic E-state index is -3.09. The smallest absolute Gasteiger partial charge is 0.276 e. The van der Waals surface area contributed by atoms with Crippen molar-refractivity contribution in [2.45, 2.75) is 44.4 Å². The summed E-state index contributed by atoms with van der Waals surface area (Å²) in [4.78, 5) is 28.0. The molecule has 4 rings (SSSR count). The number of carbonyl (C=O) groups excluding carboxylic acids is 2. The van der Waals surface area contributed by atoms with Crippen LogP contribution in [0.3, 0.4) is 0 Å². The van der Waals surface area contributed by atoms with E-state index in [0.717, 1.165) is 17.7 Å². The fourth-order valence-electron chi connectivity index (χ4n) is 4.07. The van der Waals surface area contributed by atoms with Crippen LogP contribution in [0.2, 0.25) is 0 Å². The Balaban J connectivity index is 1.58. The number of rotatable bonds is 3. The molecule has 3 fully saturated rings. The van der Waals surface area contributed by atoms with E-state index in [1.807, 2.05) is 6.92 Å². The number of nitrogens with zero attached hydrogens (tertiary/aromatic N) is 3. The molecule has 136 valence electrons. The molecule has 2 saturated heterocycles. The van der Waals surface area contributed by atoms with Gasteiger partial charge in [0.05, 0.1) is 12.0 Å². The van der Waals surface area contributed by atoms with Gasteiger partial charge in [0.2, 0.25) is 5.91 Å². The van der Waals surface area contributed by atoms with Crippen LogP contribution in [-0.2, 0) is 4.79 Å². The van der Waals surface area contributed by atoms with Gasteiger partial charge in [-0.1, -0.05) is 5.16 Å². The molecule has 0 bridgehead atoms. The number of likely N-dealkylation sites (tertiary alicyclic amines) is 2. The summed E-state index contributed by atoms with van der Waals surface area (Å²) in [5.41, 5.74) is -1.14. The van der Waals surface area contributed by atoms with Crippen molar-refractivity contribution in [1.82, 2.24) is 15.0 Å². The maximum Gasteiger partial charge on any atom is 0.276 e. The largest absolute Gasteiger partial charge is 0.360 e. The van der Waals surface area contributed by atoms with Crippen molar-refractivity contribution in [2.24, 2.45) is 5.41 Å². The van der Waals surface area contributed by atoms with Gasteiger partial charge in [-0.25, -0.2) is 8.78 Å². The summed E-state index contributed by atoms with van der Waals surface area (Å²) in [7, 11) is 0. The maximum absolute atomic E-state index is 14.4. The van der Waals surface area contributed by atoms with Crippen LogP contribution >= 0.6 is 0 Å². The molecule has 1 aromatic heterocycles. The molecule has 8 heteroatoms. The highest BCUT2D eigenvalue weighted by molar-refractivity contribution is 5.93. The third kappa shape index (κ3) is 2.81. The number of halogens is 2. The summed E-state index contributed by atoms with van der Waals surface area (Å²) < 4.78 is 33.9. The molecule has 25 heavy (non-hydrogen) atoms. The van der Waals surface area contributed by atoms with Gasteiger partial charge in [0, 0.05) is 38.0 Å². The monoisotopic (exact) mass is 353 g/mol. The van der Waals surface area contributed by atoms with Gasteiger partial charge in [0.1, 0.15) is 5.76 Å². The Hall–Kier alpha value is -1.99. The first kappa shape index (κ1) is 16.5. The van der Waals surface area contributed by atoms with Crippen LogP contribution in [0.1, 0.15) is 54.8 Å². The van der Waals surface area contributed by atoms with Crippen LogP contribution < -0.4 is 0 Å². The zero-order valence-corrected chi connectivity index (χ0v) is 14.1. The van der Waals surface area contributed by atoms with E-state index in [1.165, 1.54) is 0 Å². The van der Waals surface area contributed by atoms with Gasteiger partial charge in [-0.05, 0) is 26.2 Å². The summed E-state index contributed by atoms with van der Waals surface area (Å²) >= 11 is 0. The maximum atomic E-state index is 14.4. The van der Waals surface area contributed by atoms with Crippen molar-refractivity contribution in [3.63, 3.8) is 0 Å². The van der Waals surface area contributed by atoms with Crippen LogP contribution in [0.5, 0.6) is 0 Å². The third-order valence-electron chi connectivity index (χ3n) is 5.51. The van der Waals surface area contributed by atoms with Gasteiger partial charge in [0.15, 0.2) is 5.69 Å². The number of aromatic nitrogens is 1. The number of alkyl halides is 2. The molecule has 2 amide bonds. The van der Waals surface area contributed by atoms with E-state index in [9.17, 15) is 18.4 Å². The number of amides is 2. The van der Waals surface area contributed by atoms with Crippen LogP contribution in [0.15, 0.2) is 10.6 Å². The van der Waals surface area contributed by atoms with Crippen molar-refractivity contribution in [3.05, 3.63) is 17.5 Å². The summed E-state index contributed by atoms with van der Waals surface area (Å²) in [6.45, 7) is 2.12. The van der Waals surface area contributed by atoms with Gasteiger partial charge in [-0.3, -0.25) is 9.59 Å². The predicted molar refractivity (Wildman–Crippen MR) is 83.2 cm³/mol. The zero-order chi connectivity index (χ0) is 17.8. The van der Waals surface area contributed by atoms with E-state index < -0.39 is 30.2 Å². The van der Waals surface area contributed by atoms with Crippen molar-refractivity contribution >= 4 is 11.8 Å². The predicted octanol–water partition coefficient (Wildman–Crippen LogP) is 2.27. The first-order valence-corrected chi connectivity index (χ1v) is 8.77. The Morgan fingerprint density at radius 1 is 1.40 bits per heavy atom. The van der Waals surface area contributed by atoms with E-state index in [4.69, 9.17) is 4.52 Å². The van der Waals surface area contributed by atoms with E-state index in [1.54, 1.807) is 11.0 Å². The Kier molecular flexibility index (Phi) is 3.63. The van der Waals surface area contributed by atoms with Gasteiger partial charge in [0.25, 0.3) is 11.8 Å². The molecule has 3 heterocycles. The van der Waals surface area contributed by atoms with Crippen LogP contribution in [0.4, 0.5) is 8.78 Å². The Labute approximate surface area is 144 Å². The fourth-order valence-corrected chi connectivity index (χ4v) is 4.07. The zero-order valence-electron chi connectivity index (χ0n) is 14.1. The second kappa shape index (κ2) is 5.51. The lowest BCUT2D eigenvalue weighted by molar-refractivity contribution is -0.151. The summed E-state index contributed by atoms with van der Waals surface area (Å²) in [6, 6.07) is 1.55. The first-order valence-electron chi connectivity index (χ1n) is 8.77. The fraction of sp³-hybridized carbons (Fsp3) is 0.706.